The summed E-state index contributed by atoms with van der Waals surface area (Å²) >= 11 is 0. The Morgan fingerprint density at radius 1 is 1.38 bits per heavy atom. The van der Waals surface area contributed by atoms with Crippen molar-refractivity contribution in [3.05, 3.63) is 0 Å². The van der Waals surface area contributed by atoms with Crippen LogP contribution in [0.5, 0.6) is 0 Å². The molecule has 2 aliphatic carbocycles. The second-order valence-electron chi connectivity index (χ2n) is 5.53. The minimum absolute atomic E-state index is 0.588. The van der Waals surface area contributed by atoms with E-state index in [1.54, 1.807) is 0 Å². The van der Waals surface area contributed by atoms with Gasteiger partial charge in [0, 0.05) is 19.1 Å². The molecule has 92 valence electrons. The molecule has 2 saturated carbocycles. The first-order valence-electron chi connectivity index (χ1n) is 6.48. The van der Waals surface area contributed by atoms with E-state index in [1.807, 2.05) is 0 Å². The number of guanidine groups is 1. The third-order valence-corrected chi connectivity index (χ3v) is 3.15. The summed E-state index contributed by atoms with van der Waals surface area (Å²) in [5, 5.41) is 0. The van der Waals surface area contributed by atoms with Crippen LogP contribution < -0.4 is 11.3 Å². The molecule has 0 aromatic carbocycles. The molecule has 4 heteroatoms. The number of hydrogen-bond acceptors (Lipinski definition) is 2. The minimum atomic E-state index is 0.588. The summed E-state index contributed by atoms with van der Waals surface area (Å²) in [5.41, 5.74) is 2.79. The zero-order valence-electron chi connectivity index (χ0n) is 10.4. The molecule has 0 atom stereocenters. The maximum atomic E-state index is 5.60. The molecule has 2 aliphatic rings. The summed E-state index contributed by atoms with van der Waals surface area (Å²) in [6, 6.07) is 0.697. The van der Waals surface area contributed by atoms with Gasteiger partial charge < -0.3 is 4.90 Å². The summed E-state index contributed by atoms with van der Waals surface area (Å²) in [5.74, 6) is 7.98. The Kier molecular flexibility index (Phi) is 3.69. The summed E-state index contributed by atoms with van der Waals surface area (Å²) in [6.07, 6.45) is 5.36. The largest absolute Gasteiger partial charge is 0.339 e. The van der Waals surface area contributed by atoms with Crippen LogP contribution in [0.4, 0.5) is 0 Å². The van der Waals surface area contributed by atoms with Crippen molar-refractivity contribution in [1.29, 1.82) is 0 Å². The second-order valence-corrected chi connectivity index (χ2v) is 5.53. The lowest BCUT2D eigenvalue weighted by molar-refractivity contribution is 0.374. The number of hydrogen-bond donors (Lipinski definition) is 2. The Balaban J connectivity index is 1.93. The third-order valence-electron chi connectivity index (χ3n) is 3.15. The lowest BCUT2D eigenvalue weighted by atomic mass is 10.2. The van der Waals surface area contributed by atoms with Gasteiger partial charge in [0.1, 0.15) is 0 Å². The van der Waals surface area contributed by atoms with Crippen LogP contribution >= 0.6 is 0 Å². The zero-order chi connectivity index (χ0) is 11.5. The van der Waals surface area contributed by atoms with E-state index < -0.39 is 0 Å². The Bertz CT molecular complexity index is 254. The van der Waals surface area contributed by atoms with Crippen molar-refractivity contribution in [1.82, 2.24) is 10.3 Å². The quantitative estimate of drug-likeness (QED) is 0.321. The first-order valence-corrected chi connectivity index (χ1v) is 6.48. The van der Waals surface area contributed by atoms with E-state index in [4.69, 9.17) is 5.84 Å². The molecule has 0 aliphatic heterocycles. The van der Waals surface area contributed by atoms with Crippen molar-refractivity contribution < 1.29 is 0 Å². The van der Waals surface area contributed by atoms with E-state index in [0.717, 1.165) is 25.0 Å². The molecule has 0 bridgehead atoms. The molecule has 3 N–H and O–H groups in total. The van der Waals surface area contributed by atoms with Crippen molar-refractivity contribution in [3.8, 4) is 0 Å². The van der Waals surface area contributed by atoms with Gasteiger partial charge in [-0.15, -0.1) is 0 Å². The van der Waals surface area contributed by atoms with Gasteiger partial charge in [0.15, 0.2) is 0 Å². The molecular formula is C12H24N4. The van der Waals surface area contributed by atoms with Crippen molar-refractivity contribution in [2.45, 2.75) is 45.6 Å². The predicted octanol–water partition coefficient (Wildman–Crippen LogP) is 1.34. The Hall–Kier alpha value is -0.770. The SMILES string of the molecule is CC(C)CN=C(NN)N(CC1CC1)C1CC1. The molecule has 0 unspecified atom stereocenters. The van der Waals surface area contributed by atoms with E-state index in [0.29, 0.717) is 12.0 Å². The van der Waals surface area contributed by atoms with Crippen molar-refractivity contribution in [3.63, 3.8) is 0 Å². The highest BCUT2D eigenvalue weighted by Crippen LogP contribution is 2.34. The topological polar surface area (TPSA) is 53.6 Å². The Labute approximate surface area is 98.3 Å². The summed E-state index contributed by atoms with van der Waals surface area (Å²) in [6.45, 7) is 6.36. The summed E-state index contributed by atoms with van der Waals surface area (Å²) in [4.78, 5) is 6.98. The smallest absolute Gasteiger partial charge is 0.208 e. The average Bonchev–Trinajstić information content (AvgIpc) is 3.10. The van der Waals surface area contributed by atoms with E-state index in [2.05, 4.69) is 29.2 Å². The fraction of sp³-hybridized carbons (Fsp3) is 0.917. The second kappa shape index (κ2) is 5.04. The number of nitrogens with one attached hydrogen (secondary N) is 1. The van der Waals surface area contributed by atoms with Crippen LogP contribution in [0.25, 0.3) is 0 Å². The highest BCUT2D eigenvalue weighted by Gasteiger charge is 2.35. The number of nitrogens with two attached hydrogens (primary N) is 1. The Morgan fingerprint density at radius 3 is 2.50 bits per heavy atom. The van der Waals surface area contributed by atoms with Crippen LogP contribution in [0.3, 0.4) is 0 Å². The van der Waals surface area contributed by atoms with E-state index in [-0.39, 0.29) is 0 Å². The van der Waals surface area contributed by atoms with Gasteiger partial charge in [-0.05, 0) is 37.5 Å². The molecule has 0 spiro atoms. The van der Waals surface area contributed by atoms with Crippen molar-refractivity contribution in [2.75, 3.05) is 13.1 Å². The van der Waals surface area contributed by atoms with Crippen molar-refractivity contribution >= 4 is 5.96 Å². The molecule has 0 aromatic rings. The van der Waals surface area contributed by atoms with Gasteiger partial charge in [0.25, 0.3) is 0 Å². The fourth-order valence-corrected chi connectivity index (χ4v) is 1.86. The predicted molar refractivity (Wildman–Crippen MR) is 66.9 cm³/mol. The lowest BCUT2D eigenvalue weighted by Crippen LogP contribution is -2.47. The van der Waals surface area contributed by atoms with Crippen LogP contribution in [-0.2, 0) is 0 Å². The molecule has 4 nitrogen and oxygen atoms in total. The van der Waals surface area contributed by atoms with Crippen LogP contribution in [0.15, 0.2) is 4.99 Å². The average molecular weight is 224 g/mol. The number of rotatable bonds is 5. The van der Waals surface area contributed by atoms with Gasteiger partial charge in [-0.1, -0.05) is 13.8 Å². The molecule has 0 amide bonds. The first-order chi connectivity index (χ1) is 7.70. The monoisotopic (exact) mass is 224 g/mol. The number of nitrogens with zero attached hydrogens (tertiary/aromatic N) is 2. The molecule has 2 rings (SSSR count). The minimum Gasteiger partial charge on any atom is -0.339 e. The molecule has 0 radical (unpaired) electrons. The first kappa shape index (κ1) is 11.7. The normalized spacial score (nSPS) is 21.4. The van der Waals surface area contributed by atoms with Gasteiger partial charge in [0.2, 0.25) is 5.96 Å². The highest BCUT2D eigenvalue weighted by molar-refractivity contribution is 5.80. The van der Waals surface area contributed by atoms with Gasteiger partial charge in [-0.25, -0.2) is 5.84 Å². The maximum Gasteiger partial charge on any atom is 0.208 e. The molecule has 2 fully saturated rings. The Morgan fingerprint density at radius 2 is 2.06 bits per heavy atom. The molecule has 0 heterocycles. The van der Waals surface area contributed by atoms with E-state index >= 15 is 0 Å². The third kappa shape index (κ3) is 3.37. The van der Waals surface area contributed by atoms with Crippen LogP contribution in [0.2, 0.25) is 0 Å². The summed E-state index contributed by atoms with van der Waals surface area (Å²) < 4.78 is 0. The van der Waals surface area contributed by atoms with Gasteiger partial charge in [-0.3, -0.25) is 10.4 Å². The van der Waals surface area contributed by atoms with E-state index in [1.165, 1.54) is 25.7 Å². The zero-order valence-corrected chi connectivity index (χ0v) is 10.4. The fourth-order valence-electron chi connectivity index (χ4n) is 1.86. The van der Waals surface area contributed by atoms with Crippen LogP contribution in [-0.4, -0.2) is 30.0 Å². The summed E-state index contributed by atoms with van der Waals surface area (Å²) in [7, 11) is 0. The molecule has 0 aromatic heterocycles. The van der Waals surface area contributed by atoms with Crippen LogP contribution in [0, 0.1) is 11.8 Å². The van der Waals surface area contributed by atoms with Crippen molar-refractivity contribution in [2.24, 2.45) is 22.7 Å². The highest BCUT2D eigenvalue weighted by atomic mass is 15.4. The van der Waals surface area contributed by atoms with E-state index in [9.17, 15) is 0 Å². The molecule has 16 heavy (non-hydrogen) atoms. The maximum absolute atomic E-state index is 5.60. The van der Waals surface area contributed by atoms with Crippen LogP contribution in [0.1, 0.15) is 39.5 Å². The molecular weight excluding hydrogens is 200 g/mol. The number of aliphatic imine (C=N–C) groups is 1. The number of hydrazine groups is 1. The standard InChI is InChI=1S/C12H24N4/c1-9(2)7-14-12(15-13)16(11-5-6-11)8-10-3-4-10/h9-11H,3-8,13H2,1-2H3,(H,14,15). The lowest BCUT2D eigenvalue weighted by Gasteiger charge is -2.25. The van der Waals surface area contributed by atoms with Gasteiger partial charge in [-0.2, -0.15) is 0 Å². The molecule has 0 saturated heterocycles. The van der Waals surface area contributed by atoms with Gasteiger partial charge >= 0.3 is 0 Å². The van der Waals surface area contributed by atoms with Gasteiger partial charge in [0.05, 0.1) is 0 Å².